The molecule has 120 valence electrons. The maximum Gasteiger partial charge on any atom is 0.328 e. The van der Waals surface area contributed by atoms with Gasteiger partial charge in [0.15, 0.2) is 0 Å². The minimum atomic E-state index is -0.687. The number of rotatable bonds is 5. The van der Waals surface area contributed by atoms with Crippen molar-refractivity contribution in [3.05, 3.63) is 65.5 Å². The molecule has 2 rings (SSSR count). The summed E-state index contributed by atoms with van der Waals surface area (Å²) in [5.41, 5.74) is 2.29. The molecule has 1 aromatic carbocycles. The Balaban J connectivity index is 2.32. The van der Waals surface area contributed by atoms with Gasteiger partial charge in [0.05, 0.1) is 12.7 Å². The Bertz CT molecular complexity index is 686. The molecule has 1 amide bonds. The largest absolute Gasteiger partial charge is 0.467 e. The van der Waals surface area contributed by atoms with Crippen LogP contribution >= 0.6 is 0 Å². The number of ether oxygens (including phenoxy) is 1. The fraction of sp³-hybridized carbons (Fsp3) is 0.278. The summed E-state index contributed by atoms with van der Waals surface area (Å²) in [7, 11) is 1.32. The van der Waals surface area contributed by atoms with E-state index in [0.29, 0.717) is 12.1 Å². The van der Waals surface area contributed by atoms with Gasteiger partial charge in [-0.1, -0.05) is 30.3 Å². The summed E-state index contributed by atoms with van der Waals surface area (Å²) in [5.74, 6) is -0.696. The first-order valence-electron chi connectivity index (χ1n) is 7.37. The zero-order valence-electron chi connectivity index (χ0n) is 13.5. The van der Waals surface area contributed by atoms with E-state index in [2.05, 4.69) is 4.98 Å². The van der Waals surface area contributed by atoms with E-state index in [0.717, 1.165) is 11.1 Å². The minimum absolute atomic E-state index is 0.247. The molecule has 0 spiro atoms. The molecule has 0 aliphatic heterocycles. The number of carbonyl (C=O) groups is 2. The highest BCUT2D eigenvalue weighted by molar-refractivity contribution is 5.96. The van der Waals surface area contributed by atoms with Crippen LogP contribution in [0, 0.1) is 6.92 Å². The topological polar surface area (TPSA) is 59.5 Å². The van der Waals surface area contributed by atoms with Crippen LogP contribution in [0.2, 0.25) is 0 Å². The van der Waals surface area contributed by atoms with Gasteiger partial charge in [-0.05, 0) is 31.0 Å². The third-order valence-electron chi connectivity index (χ3n) is 3.59. The first kappa shape index (κ1) is 16.7. The SMILES string of the molecule is COC(=O)[C@H](C)N(Cc1ccccc1)C(=O)c1cncc(C)c1. The van der Waals surface area contributed by atoms with Crippen LogP contribution in [-0.4, -0.2) is 34.9 Å². The van der Waals surface area contributed by atoms with Gasteiger partial charge in [0, 0.05) is 18.9 Å². The number of benzene rings is 1. The summed E-state index contributed by atoms with van der Waals surface area (Å²) >= 11 is 0. The molecule has 2 aromatic rings. The molecule has 5 nitrogen and oxygen atoms in total. The Morgan fingerprint density at radius 1 is 1.22 bits per heavy atom. The number of methoxy groups -OCH3 is 1. The molecule has 0 aliphatic carbocycles. The molecular weight excluding hydrogens is 292 g/mol. The predicted octanol–water partition coefficient (Wildman–Crippen LogP) is 2.59. The van der Waals surface area contributed by atoms with Crippen LogP contribution in [0.5, 0.6) is 0 Å². The molecule has 1 atom stereocenters. The summed E-state index contributed by atoms with van der Waals surface area (Å²) < 4.78 is 4.79. The molecule has 0 saturated heterocycles. The Labute approximate surface area is 135 Å². The van der Waals surface area contributed by atoms with Crippen molar-refractivity contribution < 1.29 is 14.3 Å². The Morgan fingerprint density at radius 3 is 2.52 bits per heavy atom. The van der Waals surface area contributed by atoms with Crippen LogP contribution in [-0.2, 0) is 16.1 Å². The number of esters is 1. The average molecular weight is 312 g/mol. The number of carbonyl (C=O) groups excluding carboxylic acids is 2. The summed E-state index contributed by atoms with van der Waals surface area (Å²) in [6, 6.07) is 10.6. The molecule has 5 heteroatoms. The van der Waals surface area contributed by atoms with E-state index in [1.54, 1.807) is 19.2 Å². The van der Waals surface area contributed by atoms with Crippen molar-refractivity contribution in [1.29, 1.82) is 0 Å². The normalized spacial score (nSPS) is 11.6. The van der Waals surface area contributed by atoms with Gasteiger partial charge < -0.3 is 9.64 Å². The van der Waals surface area contributed by atoms with E-state index in [9.17, 15) is 9.59 Å². The number of hydrogen-bond acceptors (Lipinski definition) is 4. The van der Waals surface area contributed by atoms with E-state index in [1.807, 2.05) is 37.3 Å². The Kier molecular flexibility index (Phi) is 5.46. The monoisotopic (exact) mass is 312 g/mol. The highest BCUT2D eigenvalue weighted by atomic mass is 16.5. The van der Waals surface area contributed by atoms with E-state index in [-0.39, 0.29) is 5.91 Å². The lowest BCUT2D eigenvalue weighted by molar-refractivity contribution is -0.145. The van der Waals surface area contributed by atoms with Crippen LogP contribution in [0.4, 0.5) is 0 Å². The molecule has 0 N–H and O–H groups in total. The zero-order chi connectivity index (χ0) is 16.8. The Morgan fingerprint density at radius 2 is 1.91 bits per heavy atom. The van der Waals surface area contributed by atoms with Gasteiger partial charge in [-0.3, -0.25) is 9.78 Å². The number of amides is 1. The van der Waals surface area contributed by atoms with Crippen molar-refractivity contribution in [2.45, 2.75) is 26.4 Å². The van der Waals surface area contributed by atoms with Gasteiger partial charge in [-0.25, -0.2) is 4.79 Å². The first-order valence-corrected chi connectivity index (χ1v) is 7.37. The molecule has 0 bridgehead atoms. The molecule has 0 fully saturated rings. The second-order valence-electron chi connectivity index (χ2n) is 5.37. The number of nitrogens with zero attached hydrogens (tertiary/aromatic N) is 2. The highest BCUT2D eigenvalue weighted by Gasteiger charge is 2.27. The fourth-order valence-corrected chi connectivity index (χ4v) is 2.30. The Hall–Kier alpha value is -2.69. The van der Waals surface area contributed by atoms with E-state index in [1.165, 1.54) is 18.2 Å². The predicted molar refractivity (Wildman–Crippen MR) is 86.8 cm³/mol. The zero-order valence-corrected chi connectivity index (χ0v) is 13.5. The van der Waals surface area contributed by atoms with Crippen molar-refractivity contribution in [3.8, 4) is 0 Å². The average Bonchev–Trinajstić information content (AvgIpc) is 2.58. The maximum absolute atomic E-state index is 12.8. The number of aryl methyl sites for hydroxylation is 1. The second kappa shape index (κ2) is 7.54. The van der Waals surface area contributed by atoms with Crippen LogP contribution in [0.25, 0.3) is 0 Å². The van der Waals surface area contributed by atoms with E-state index in [4.69, 9.17) is 4.74 Å². The third kappa shape index (κ3) is 4.16. The number of hydrogen-bond donors (Lipinski definition) is 0. The van der Waals surface area contributed by atoms with Crippen LogP contribution in [0.3, 0.4) is 0 Å². The van der Waals surface area contributed by atoms with Crippen molar-refractivity contribution in [1.82, 2.24) is 9.88 Å². The molecule has 0 aliphatic rings. The summed E-state index contributed by atoms with van der Waals surface area (Å²) in [6.45, 7) is 3.86. The quantitative estimate of drug-likeness (QED) is 0.796. The molecule has 1 aromatic heterocycles. The summed E-state index contributed by atoms with van der Waals surface area (Å²) in [5, 5.41) is 0. The lowest BCUT2D eigenvalue weighted by Crippen LogP contribution is -2.43. The maximum atomic E-state index is 12.8. The highest BCUT2D eigenvalue weighted by Crippen LogP contribution is 2.14. The van der Waals surface area contributed by atoms with Crippen molar-refractivity contribution in [2.75, 3.05) is 7.11 Å². The van der Waals surface area contributed by atoms with Crippen molar-refractivity contribution in [2.24, 2.45) is 0 Å². The lowest BCUT2D eigenvalue weighted by Gasteiger charge is -2.27. The van der Waals surface area contributed by atoms with Gasteiger partial charge in [0.25, 0.3) is 5.91 Å². The lowest BCUT2D eigenvalue weighted by atomic mass is 10.1. The molecule has 1 heterocycles. The van der Waals surface area contributed by atoms with Crippen molar-refractivity contribution in [3.63, 3.8) is 0 Å². The van der Waals surface area contributed by atoms with Crippen LogP contribution < -0.4 is 0 Å². The smallest absolute Gasteiger partial charge is 0.328 e. The summed E-state index contributed by atoms with van der Waals surface area (Å²) in [6.07, 6.45) is 3.19. The molecule has 0 saturated carbocycles. The fourth-order valence-electron chi connectivity index (χ4n) is 2.30. The van der Waals surface area contributed by atoms with Crippen LogP contribution in [0.15, 0.2) is 48.8 Å². The number of aromatic nitrogens is 1. The van der Waals surface area contributed by atoms with Crippen molar-refractivity contribution >= 4 is 11.9 Å². The first-order chi connectivity index (χ1) is 11.0. The second-order valence-corrected chi connectivity index (χ2v) is 5.37. The van der Waals surface area contributed by atoms with E-state index >= 15 is 0 Å². The number of pyridine rings is 1. The molecule has 0 radical (unpaired) electrons. The molecular formula is C18H20N2O3. The van der Waals surface area contributed by atoms with Gasteiger partial charge in [0.2, 0.25) is 0 Å². The standard InChI is InChI=1S/C18H20N2O3/c1-13-9-16(11-19-10-13)17(21)20(14(2)18(22)23-3)12-15-7-5-4-6-8-15/h4-11,14H,12H2,1-3H3/t14-/m0/s1. The van der Waals surface area contributed by atoms with Gasteiger partial charge >= 0.3 is 5.97 Å². The van der Waals surface area contributed by atoms with Gasteiger partial charge in [-0.2, -0.15) is 0 Å². The van der Waals surface area contributed by atoms with E-state index < -0.39 is 12.0 Å². The molecule has 23 heavy (non-hydrogen) atoms. The minimum Gasteiger partial charge on any atom is -0.467 e. The summed E-state index contributed by atoms with van der Waals surface area (Å²) in [4.78, 5) is 30.3. The molecule has 0 unspecified atom stereocenters. The van der Waals surface area contributed by atoms with Gasteiger partial charge in [-0.15, -0.1) is 0 Å². The van der Waals surface area contributed by atoms with Gasteiger partial charge in [0.1, 0.15) is 6.04 Å². The third-order valence-corrected chi connectivity index (χ3v) is 3.59. The van der Waals surface area contributed by atoms with Crippen LogP contribution in [0.1, 0.15) is 28.4 Å².